The summed E-state index contributed by atoms with van der Waals surface area (Å²) in [5.41, 5.74) is 0. The van der Waals surface area contributed by atoms with Crippen molar-refractivity contribution in [3.05, 3.63) is 10.1 Å². The molecular weight excluding hydrogens is 145 g/mol. The molecule has 0 aliphatic rings. The van der Waals surface area contributed by atoms with Gasteiger partial charge in [-0.05, 0) is 0 Å². The van der Waals surface area contributed by atoms with Gasteiger partial charge < -0.3 is 5.21 Å². The van der Waals surface area contributed by atoms with Crippen molar-refractivity contribution in [2.45, 2.75) is 0 Å². The van der Waals surface area contributed by atoms with Gasteiger partial charge in [0.25, 0.3) is 5.09 Å². The molecule has 0 radical (unpaired) electrons. The summed E-state index contributed by atoms with van der Waals surface area (Å²) in [7, 11) is 4.64. The van der Waals surface area contributed by atoms with Crippen LogP contribution in [0.3, 0.4) is 0 Å². The van der Waals surface area contributed by atoms with Gasteiger partial charge >= 0.3 is 28.7 Å². The summed E-state index contributed by atoms with van der Waals surface area (Å²) < 4.78 is 0. The Morgan fingerprint density at radius 2 is 1.83 bits per heavy atom. The van der Waals surface area contributed by atoms with Crippen LogP contribution < -0.4 is 0 Å². The summed E-state index contributed by atoms with van der Waals surface area (Å²) >= 11 is 1.47. The fraction of sp³-hybridized carbons (Fsp3) is 0. The average molecular weight is 146 g/mol. The normalized spacial score (nSPS) is 4.67. The van der Waals surface area contributed by atoms with Gasteiger partial charge in [-0.3, -0.25) is 0 Å². The van der Waals surface area contributed by atoms with Gasteiger partial charge in [-0.25, -0.2) is 0 Å². The van der Waals surface area contributed by atoms with Gasteiger partial charge in [0.1, 0.15) is 0 Å². The predicted molar refractivity (Wildman–Crippen MR) is 14.6 cm³/mol. The molecule has 35 valence electrons. The molecule has 0 atom stereocenters. The standard InChI is InChI=1S/ClH.HNO3.Ti/c;2-1(3)4;/h1H;(H,2,3,4);/q;;+1/p-1. The van der Waals surface area contributed by atoms with E-state index in [1.165, 1.54) is 19.4 Å². The molecule has 0 unspecified atom stereocenters. The Hall–Kier alpha value is 0.204. The van der Waals surface area contributed by atoms with Gasteiger partial charge in [0, 0.05) is 0 Å². The Balaban J connectivity index is 0. The van der Waals surface area contributed by atoms with E-state index in [2.05, 4.69) is 9.30 Å². The van der Waals surface area contributed by atoms with E-state index in [9.17, 15) is 0 Å². The SMILES string of the molecule is O=[N+]([O-])O.[Cl][Ti]. The molecule has 0 saturated heterocycles. The third-order valence-electron chi connectivity index (χ3n) is 0. The molecule has 0 aromatic carbocycles. The zero-order valence-corrected chi connectivity index (χ0v) is 4.91. The number of hydrogen-bond acceptors (Lipinski definition) is 2. The second kappa shape index (κ2) is 8.96. The number of rotatable bonds is 0. The third kappa shape index (κ3) is 1030. The molecule has 0 heterocycles. The first-order valence-electron chi connectivity index (χ1n) is 0.754. The molecule has 1 N–H and O–H groups in total. The van der Waals surface area contributed by atoms with E-state index in [-0.39, 0.29) is 0 Å². The Labute approximate surface area is 49.5 Å². The molecule has 4 nitrogen and oxygen atoms in total. The van der Waals surface area contributed by atoms with E-state index >= 15 is 0 Å². The Morgan fingerprint density at radius 1 is 1.83 bits per heavy atom. The van der Waals surface area contributed by atoms with Crippen molar-refractivity contribution in [2.75, 3.05) is 0 Å². The molecule has 0 spiro atoms. The van der Waals surface area contributed by atoms with Crippen LogP contribution in [0.15, 0.2) is 0 Å². The monoisotopic (exact) mass is 146 g/mol. The second-order valence-corrected chi connectivity index (χ2v) is 0.238. The molecule has 0 bridgehead atoms. The van der Waals surface area contributed by atoms with E-state index in [4.69, 9.17) is 15.3 Å². The first kappa shape index (κ1) is 9.51. The van der Waals surface area contributed by atoms with Crippen molar-refractivity contribution in [3.8, 4) is 0 Å². The second-order valence-electron chi connectivity index (χ2n) is 0.238. The van der Waals surface area contributed by atoms with Crippen molar-refractivity contribution in [1.29, 1.82) is 0 Å². The van der Waals surface area contributed by atoms with Crippen LogP contribution >= 0.6 is 9.30 Å². The summed E-state index contributed by atoms with van der Waals surface area (Å²) in [5.74, 6) is 0. The molecule has 0 fully saturated rings. The molecule has 6 heavy (non-hydrogen) atoms. The summed E-state index contributed by atoms with van der Waals surface area (Å²) in [6, 6.07) is 0. The molecule has 0 rings (SSSR count). The summed E-state index contributed by atoms with van der Waals surface area (Å²) in [6.45, 7) is 0. The van der Waals surface area contributed by atoms with Crippen LogP contribution in [-0.2, 0) is 19.4 Å². The van der Waals surface area contributed by atoms with Crippen LogP contribution in [0.25, 0.3) is 0 Å². The van der Waals surface area contributed by atoms with Gasteiger partial charge in [-0.1, -0.05) is 0 Å². The van der Waals surface area contributed by atoms with Gasteiger partial charge in [-0.2, -0.15) is 0 Å². The molecule has 0 aliphatic heterocycles. The van der Waals surface area contributed by atoms with Crippen LogP contribution in [0, 0.1) is 10.1 Å². The molecule has 0 saturated carbocycles. The number of hydrogen-bond donors (Lipinski definition) is 1. The number of halogens is 1. The van der Waals surface area contributed by atoms with E-state index in [1.807, 2.05) is 0 Å². The van der Waals surface area contributed by atoms with E-state index in [1.54, 1.807) is 0 Å². The topological polar surface area (TPSA) is 63.4 Å². The fourth-order valence-corrected chi connectivity index (χ4v) is 0. The van der Waals surface area contributed by atoms with Crippen molar-refractivity contribution in [1.82, 2.24) is 0 Å². The molecule has 0 aromatic rings. The summed E-state index contributed by atoms with van der Waals surface area (Å²) in [5, 5.41) is 13.6. The van der Waals surface area contributed by atoms with Crippen LogP contribution in [0.1, 0.15) is 0 Å². The molecule has 6 heteroatoms. The van der Waals surface area contributed by atoms with Gasteiger partial charge in [0.05, 0.1) is 0 Å². The Kier molecular flexibility index (Phi) is 14.2. The van der Waals surface area contributed by atoms with Gasteiger partial charge in [-0.15, -0.1) is 10.1 Å². The minimum absolute atomic E-state index is 1.47. The summed E-state index contributed by atoms with van der Waals surface area (Å²) in [6.07, 6.45) is 0. The molecule has 0 aromatic heterocycles. The first-order valence-corrected chi connectivity index (χ1v) is 2.90. The fourth-order valence-electron chi connectivity index (χ4n) is 0. The van der Waals surface area contributed by atoms with Gasteiger partial charge in [0.15, 0.2) is 0 Å². The van der Waals surface area contributed by atoms with E-state index < -0.39 is 5.09 Å². The van der Waals surface area contributed by atoms with Gasteiger partial charge in [0.2, 0.25) is 0 Å². The van der Waals surface area contributed by atoms with Crippen LogP contribution in [-0.4, -0.2) is 10.3 Å². The van der Waals surface area contributed by atoms with Crippen molar-refractivity contribution >= 4 is 9.30 Å². The molecule has 0 aliphatic carbocycles. The molecular formula is HClNO3Ti. The van der Waals surface area contributed by atoms with Crippen molar-refractivity contribution < 1.29 is 29.7 Å². The zero-order chi connectivity index (χ0) is 5.58. The third-order valence-corrected chi connectivity index (χ3v) is 0. The van der Waals surface area contributed by atoms with Crippen molar-refractivity contribution in [2.24, 2.45) is 0 Å². The Morgan fingerprint density at radius 3 is 1.83 bits per heavy atom. The Bertz CT molecular complexity index is 33.8. The maximum atomic E-state index is 8.36. The predicted octanol–water partition coefficient (Wildman–Crippen LogP) is 0.339. The van der Waals surface area contributed by atoms with Crippen LogP contribution in [0.2, 0.25) is 0 Å². The van der Waals surface area contributed by atoms with E-state index in [0.29, 0.717) is 0 Å². The quantitative estimate of drug-likeness (QED) is 0.304. The van der Waals surface area contributed by atoms with Crippen LogP contribution in [0.5, 0.6) is 0 Å². The maximum absolute atomic E-state index is 8.36. The zero-order valence-electron chi connectivity index (χ0n) is 2.59. The van der Waals surface area contributed by atoms with Crippen LogP contribution in [0.4, 0.5) is 0 Å². The van der Waals surface area contributed by atoms with Crippen molar-refractivity contribution in [3.63, 3.8) is 0 Å². The minimum atomic E-state index is -1.50. The molecule has 0 amide bonds. The first-order chi connectivity index (χ1) is 2.73. The number of nitrogens with zero attached hydrogens (tertiary/aromatic N) is 1. The average Bonchev–Trinajstić information content (AvgIpc) is 1.41. The summed E-state index contributed by atoms with van der Waals surface area (Å²) in [4.78, 5) is 8.36. The van der Waals surface area contributed by atoms with E-state index in [0.717, 1.165) is 0 Å².